The van der Waals surface area contributed by atoms with Crippen LogP contribution >= 0.6 is 0 Å². The van der Waals surface area contributed by atoms with E-state index in [1.807, 2.05) is 56.8 Å². The predicted molar refractivity (Wildman–Crippen MR) is 108 cm³/mol. The van der Waals surface area contributed by atoms with Crippen molar-refractivity contribution < 1.29 is 9.53 Å². The topological polar surface area (TPSA) is 88.1 Å². The van der Waals surface area contributed by atoms with Crippen molar-refractivity contribution in [3.05, 3.63) is 47.0 Å². The molecule has 2 aromatic heterocycles. The lowest BCUT2D eigenvalue weighted by molar-refractivity contribution is 0.144. The number of aryl methyl sites for hydroxylation is 2. The number of H-pyrrole nitrogens is 1. The normalized spacial score (nSPS) is 12.3. The summed E-state index contributed by atoms with van der Waals surface area (Å²) < 4.78 is 7.04. The van der Waals surface area contributed by atoms with Gasteiger partial charge in [-0.15, -0.1) is 0 Å². The summed E-state index contributed by atoms with van der Waals surface area (Å²) in [6, 6.07) is 7.41. The van der Waals surface area contributed by atoms with Crippen molar-refractivity contribution in [1.29, 1.82) is 0 Å². The van der Waals surface area contributed by atoms with Crippen molar-refractivity contribution in [2.75, 3.05) is 20.3 Å². The molecule has 8 heteroatoms. The van der Waals surface area contributed by atoms with Gasteiger partial charge < -0.3 is 19.9 Å². The highest BCUT2D eigenvalue weighted by Gasteiger charge is 2.21. The number of imidazole rings is 1. The van der Waals surface area contributed by atoms with Gasteiger partial charge in [0.15, 0.2) is 0 Å². The number of rotatable bonds is 7. The number of nitrogens with one attached hydrogen (secondary N) is 2. The molecule has 0 saturated carbocycles. The minimum absolute atomic E-state index is 0.160. The second kappa shape index (κ2) is 8.43. The third kappa shape index (κ3) is 4.17. The van der Waals surface area contributed by atoms with Crippen LogP contribution in [0.5, 0.6) is 0 Å². The lowest BCUT2D eigenvalue weighted by Gasteiger charge is -2.25. The number of nitrogens with zero attached hydrogens (tertiary/aromatic N) is 4. The number of urea groups is 1. The van der Waals surface area contributed by atoms with E-state index in [-0.39, 0.29) is 12.1 Å². The van der Waals surface area contributed by atoms with Crippen LogP contribution in [-0.2, 0) is 18.3 Å². The van der Waals surface area contributed by atoms with E-state index in [1.54, 1.807) is 12.0 Å². The number of methoxy groups -OCH3 is 1. The number of fused-ring (bicyclic) bond motifs is 1. The number of hydrogen-bond donors (Lipinski definition) is 2. The highest BCUT2D eigenvalue weighted by Crippen LogP contribution is 2.18. The van der Waals surface area contributed by atoms with Gasteiger partial charge in [0.1, 0.15) is 5.82 Å². The van der Waals surface area contributed by atoms with E-state index in [4.69, 9.17) is 4.74 Å². The minimum Gasteiger partial charge on any atom is -0.383 e. The highest BCUT2D eigenvalue weighted by molar-refractivity contribution is 5.76. The summed E-state index contributed by atoms with van der Waals surface area (Å²) >= 11 is 0. The summed E-state index contributed by atoms with van der Waals surface area (Å²) in [5.41, 5.74) is 4.89. The summed E-state index contributed by atoms with van der Waals surface area (Å²) in [4.78, 5) is 22.6. The van der Waals surface area contributed by atoms with Gasteiger partial charge in [0.25, 0.3) is 0 Å². The number of carbonyl (C=O) groups excluding carboxylic acids is 1. The van der Waals surface area contributed by atoms with Crippen molar-refractivity contribution in [2.24, 2.45) is 7.05 Å². The fourth-order valence-corrected chi connectivity index (χ4v) is 3.21. The van der Waals surface area contributed by atoms with Gasteiger partial charge in [-0.05, 0) is 32.9 Å². The minimum atomic E-state index is -0.249. The van der Waals surface area contributed by atoms with Crippen LogP contribution in [0.4, 0.5) is 4.79 Å². The first-order valence-corrected chi connectivity index (χ1v) is 9.38. The molecule has 0 aliphatic heterocycles. The largest absolute Gasteiger partial charge is 0.383 e. The van der Waals surface area contributed by atoms with Crippen LogP contribution in [0.15, 0.2) is 24.3 Å². The first kappa shape index (κ1) is 19.9. The molecule has 0 fully saturated rings. The van der Waals surface area contributed by atoms with Crippen LogP contribution in [0.2, 0.25) is 0 Å². The second-order valence-electron chi connectivity index (χ2n) is 7.00. The molecule has 0 bridgehead atoms. The molecule has 1 atom stereocenters. The molecular weight excluding hydrogens is 356 g/mol. The molecular formula is C20H28N6O2. The first-order chi connectivity index (χ1) is 13.4. The Morgan fingerprint density at radius 3 is 2.75 bits per heavy atom. The Morgan fingerprint density at radius 2 is 2.11 bits per heavy atom. The van der Waals surface area contributed by atoms with E-state index in [9.17, 15) is 4.79 Å². The number of aromatic nitrogens is 4. The molecule has 0 spiro atoms. The van der Waals surface area contributed by atoms with E-state index < -0.39 is 0 Å². The van der Waals surface area contributed by atoms with Crippen LogP contribution in [-0.4, -0.2) is 50.9 Å². The molecule has 1 aromatic carbocycles. The van der Waals surface area contributed by atoms with Crippen LogP contribution < -0.4 is 5.32 Å². The van der Waals surface area contributed by atoms with E-state index in [2.05, 4.69) is 20.4 Å². The Bertz CT molecular complexity index is 928. The molecule has 2 heterocycles. The number of amides is 2. The fraction of sp³-hybridized carbons (Fsp3) is 0.450. The molecule has 0 saturated heterocycles. The molecule has 8 nitrogen and oxygen atoms in total. The Labute approximate surface area is 164 Å². The van der Waals surface area contributed by atoms with Crippen molar-refractivity contribution in [3.63, 3.8) is 0 Å². The molecule has 3 rings (SSSR count). The van der Waals surface area contributed by atoms with Crippen LogP contribution in [0.3, 0.4) is 0 Å². The standard InChI is InChI=1S/C20H28N6O2/c1-13-16(15(3)25(4)24-13)12-26(10-11-28-5)20(27)21-14(2)19-22-17-8-6-7-9-18(17)23-19/h6-9,14H,10-12H2,1-5H3,(H,21,27)(H,22,23)/t14-/m1/s1. The van der Waals surface area contributed by atoms with Gasteiger partial charge in [-0.1, -0.05) is 12.1 Å². The average Bonchev–Trinajstić information content (AvgIpc) is 3.20. The smallest absolute Gasteiger partial charge is 0.318 e. The number of ether oxygens (including phenoxy) is 1. The molecule has 3 aromatic rings. The van der Waals surface area contributed by atoms with Crippen molar-refractivity contribution in [3.8, 4) is 0 Å². The van der Waals surface area contributed by atoms with Gasteiger partial charge >= 0.3 is 6.03 Å². The number of benzene rings is 1. The maximum atomic E-state index is 13.0. The summed E-state index contributed by atoms with van der Waals surface area (Å²) in [6.07, 6.45) is 0. The molecule has 2 amide bonds. The SMILES string of the molecule is COCCN(Cc1c(C)nn(C)c1C)C(=O)N[C@H](C)c1nc2ccccc2[nH]1. The lowest BCUT2D eigenvalue weighted by atomic mass is 10.2. The maximum Gasteiger partial charge on any atom is 0.318 e. The number of hydrogen-bond acceptors (Lipinski definition) is 4. The zero-order chi connectivity index (χ0) is 20.3. The van der Waals surface area contributed by atoms with Gasteiger partial charge in [0, 0.05) is 32.0 Å². The number of aromatic amines is 1. The lowest BCUT2D eigenvalue weighted by Crippen LogP contribution is -2.42. The molecule has 0 unspecified atom stereocenters. The van der Waals surface area contributed by atoms with Gasteiger partial charge in [-0.2, -0.15) is 5.10 Å². The predicted octanol–water partition coefficient (Wildman–Crippen LogP) is 2.83. The zero-order valence-electron chi connectivity index (χ0n) is 17.1. The van der Waals surface area contributed by atoms with Crippen molar-refractivity contribution in [1.82, 2.24) is 30.0 Å². The summed E-state index contributed by atoms with van der Waals surface area (Å²) in [5, 5.41) is 7.49. The summed E-state index contributed by atoms with van der Waals surface area (Å²) in [7, 11) is 3.54. The zero-order valence-corrected chi connectivity index (χ0v) is 17.1. The van der Waals surface area contributed by atoms with Gasteiger partial charge in [-0.25, -0.2) is 9.78 Å². The van der Waals surface area contributed by atoms with Crippen LogP contribution in [0.25, 0.3) is 11.0 Å². The van der Waals surface area contributed by atoms with Crippen LogP contribution in [0.1, 0.15) is 35.7 Å². The molecule has 150 valence electrons. The quantitative estimate of drug-likeness (QED) is 0.656. The van der Waals surface area contributed by atoms with E-state index in [0.29, 0.717) is 19.7 Å². The summed E-state index contributed by atoms with van der Waals surface area (Å²) in [5.74, 6) is 0.731. The number of para-hydroxylation sites is 2. The third-order valence-corrected chi connectivity index (χ3v) is 5.02. The highest BCUT2D eigenvalue weighted by atomic mass is 16.5. The molecule has 0 radical (unpaired) electrons. The van der Waals surface area contributed by atoms with Crippen molar-refractivity contribution in [2.45, 2.75) is 33.4 Å². The van der Waals surface area contributed by atoms with Crippen molar-refractivity contribution >= 4 is 17.1 Å². The van der Waals surface area contributed by atoms with E-state index >= 15 is 0 Å². The Morgan fingerprint density at radius 1 is 1.36 bits per heavy atom. The van der Waals surface area contributed by atoms with Gasteiger partial charge in [0.05, 0.1) is 35.9 Å². The Hall–Kier alpha value is -2.87. The second-order valence-corrected chi connectivity index (χ2v) is 7.00. The average molecular weight is 384 g/mol. The Balaban J connectivity index is 1.74. The maximum absolute atomic E-state index is 13.0. The molecule has 0 aliphatic carbocycles. The Kier molecular flexibility index (Phi) is 5.99. The molecule has 28 heavy (non-hydrogen) atoms. The number of carbonyl (C=O) groups is 1. The summed E-state index contributed by atoms with van der Waals surface area (Å²) in [6.45, 7) is 7.33. The molecule has 0 aliphatic rings. The van der Waals surface area contributed by atoms with Gasteiger partial charge in [-0.3, -0.25) is 4.68 Å². The van der Waals surface area contributed by atoms with Gasteiger partial charge in [0.2, 0.25) is 0 Å². The van der Waals surface area contributed by atoms with E-state index in [0.717, 1.165) is 33.8 Å². The fourth-order valence-electron chi connectivity index (χ4n) is 3.21. The van der Waals surface area contributed by atoms with Crippen LogP contribution in [0, 0.1) is 13.8 Å². The molecule has 2 N–H and O–H groups in total. The monoisotopic (exact) mass is 384 g/mol. The first-order valence-electron chi connectivity index (χ1n) is 9.38. The van der Waals surface area contributed by atoms with E-state index in [1.165, 1.54) is 0 Å². The third-order valence-electron chi connectivity index (χ3n) is 5.02.